The molecule has 190 valence electrons. The van der Waals surface area contributed by atoms with E-state index >= 15 is 0 Å². The normalized spacial score (nSPS) is 11.7. The van der Waals surface area contributed by atoms with Crippen molar-refractivity contribution in [3.63, 3.8) is 0 Å². The molecule has 0 saturated heterocycles. The maximum absolute atomic E-state index is 13.5. The number of hydrogen-bond donors (Lipinski definition) is 4. The highest BCUT2D eigenvalue weighted by atomic mass is 16.2. The molecule has 0 atom stereocenters. The summed E-state index contributed by atoms with van der Waals surface area (Å²) >= 11 is 0. The number of anilines is 1. The van der Waals surface area contributed by atoms with Crippen LogP contribution in [0.25, 0.3) is 10.8 Å². The summed E-state index contributed by atoms with van der Waals surface area (Å²) in [5.74, 6) is -0.618. The van der Waals surface area contributed by atoms with Gasteiger partial charge in [0.25, 0.3) is 11.8 Å². The SMILES string of the molecule is CC(C)(C)c1cc(C(=O)Nc2cc3ccccc3cc2C(=O)NCCN=C(N)N)cc(C(C)(C)C)c1. The molecular weight excluding hydrogens is 450 g/mol. The molecule has 0 radical (unpaired) electrons. The monoisotopic (exact) mass is 487 g/mol. The van der Waals surface area contributed by atoms with Crippen LogP contribution in [0.15, 0.2) is 59.6 Å². The van der Waals surface area contributed by atoms with Crippen LogP contribution in [0.4, 0.5) is 5.69 Å². The maximum atomic E-state index is 13.5. The molecule has 3 aromatic carbocycles. The second kappa shape index (κ2) is 10.4. The van der Waals surface area contributed by atoms with Crippen LogP contribution in [-0.4, -0.2) is 30.9 Å². The Morgan fingerprint density at radius 3 is 1.89 bits per heavy atom. The van der Waals surface area contributed by atoms with E-state index in [9.17, 15) is 9.59 Å². The van der Waals surface area contributed by atoms with E-state index in [1.807, 2.05) is 42.5 Å². The molecule has 0 spiro atoms. The fourth-order valence-electron chi connectivity index (χ4n) is 3.80. The van der Waals surface area contributed by atoms with E-state index in [0.717, 1.165) is 21.9 Å². The fourth-order valence-corrected chi connectivity index (χ4v) is 3.80. The van der Waals surface area contributed by atoms with Gasteiger partial charge in [-0.2, -0.15) is 0 Å². The number of rotatable bonds is 6. The van der Waals surface area contributed by atoms with Gasteiger partial charge in [0.15, 0.2) is 5.96 Å². The van der Waals surface area contributed by atoms with Gasteiger partial charge in [-0.3, -0.25) is 14.6 Å². The van der Waals surface area contributed by atoms with Crippen LogP contribution in [0.2, 0.25) is 0 Å². The summed E-state index contributed by atoms with van der Waals surface area (Å²) in [4.78, 5) is 30.5. The Balaban J connectivity index is 2.00. The topological polar surface area (TPSA) is 123 Å². The van der Waals surface area contributed by atoms with Crippen LogP contribution in [0.3, 0.4) is 0 Å². The van der Waals surface area contributed by atoms with E-state index in [2.05, 4.69) is 63.2 Å². The molecule has 0 aliphatic rings. The molecule has 36 heavy (non-hydrogen) atoms. The summed E-state index contributed by atoms with van der Waals surface area (Å²) in [5, 5.41) is 7.64. The number of guanidine groups is 1. The van der Waals surface area contributed by atoms with Gasteiger partial charge in [0.05, 0.1) is 17.8 Å². The van der Waals surface area contributed by atoms with Crippen LogP contribution >= 0.6 is 0 Å². The fraction of sp³-hybridized carbons (Fsp3) is 0.345. The number of hydrogen-bond acceptors (Lipinski definition) is 3. The highest BCUT2D eigenvalue weighted by molar-refractivity contribution is 6.11. The van der Waals surface area contributed by atoms with Gasteiger partial charge in [-0.1, -0.05) is 71.9 Å². The summed E-state index contributed by atoms with van der Waals surface area (Å²) in [7, 11) is 0. The lowest BCUT2D eigenvalue weighted by Gasteiger charge is -2.26. The number of fused-ring (bicyclic) bond motifs is 1. The molecular formula is C29H37N5O2. The number of nitrogens with zero attached hydrogens (tertiary/aromatic N) is 1. The first-order valence-corrected chi connectivity index (χ1v) is 12.1. The third kappa shape index (κ3) is 6.62. The lowest BCUT2D eigenvalue weighted by atomic mass is 9.79. The maximum Gasteiger partial charge on any atom is 0.255 e. The zero-order valence-corrected chi connectivity index (χ0v) is 22.0. The molecule has 0 saturated carbocycles. The van der Waals surface area contributed by atoms with E-state index in [1.54, 1.807) is 6.07 Å². The second-order valence-electron chi connectivity index (χ2n) is 11.1. The summed E-state index contributed by atoms with van der Waals surface area (Å²) in [6.07, 6.45) is 0. The first kappa shape index (κ1) is 26.7. The minimum Gasteiger partial charge on any atom is -0.370 e. The van der Waals surface area contributed by atoms with E-state index in [-0.39, 0.29) is 41.7 Å². The van der Waals surface area contributed by atoms with Crippen LogP contribution in [0.5, 0.6) is 0 Å². The van der Waals surface area contributed by atoms with E-state index in [0.29, 0.717) is 16.8 Å². The Kier molecular flexibility index (Phi) is 7.72. The van der Waals surface area contributed by atoms with Gasteiger partial charge >= 0.3 is 0 Å². The van der Waals surface area contributed by atoms with Gasteiger partial charge < -0.3 is 22.1 Å². The molecule has 0 bridgehead atoms. The van der Waals surface area contributed by atoms with Gasteiger partial charge in [-0.05, 0) is 57.0 Å². The predicted molar refractivity (Wildman–Crippen MR) is 149 cm³/mol. The van der Waals surface area contributed by atoms with Crippen molar-refractivity contribution in [3.8, 4) is 0 Å². The molecule has 3 rings (SSSR count). The Hall–Kier alpha value is -3.87. The number of carbonyl (C=O) groups is 2. The number of nitrogens with one attached hydrogen (secondary N) is 2. The van der Waals surface area contributed by atoms with Gasteiger partial charge in [0.2, 0.25) is 0 Å². The highest BCUT2D eigenvalue weighted by Crippen LogP contribution is 2.31. The highest BCUT2D eigenvalue weighted by Gasteiger charge is 2.23. The van der Waals surface area contributed by atoms with Gasteiger partial charge in [0, 0.05) is 12.1 Å². The summed E-state index contributed by atoms with van der Waals surface area (Å²) in [6, 6.07) is 17.4. The van der Waals surface area contributed by atoms with Crippen molar-refractivity contribution in [2.24, 2.45) is 16.5 Å². The van der Waals surface area contributed by atoms with Crippen molar-refractivity contribution < 1.29 is 9.59 Å². The third-order valence-corrected chi connectivity index (χ3v) is 6.00. The number of benzene rings is 3. The molecule has 0 fully saturated rings. The number of aliphatic imine (C=N–C) groups is 1. The average molecular weight is 488 g/mol. The molecule has 0 aromatic heterocycles. The van der Waals surface area contributed by atoms with Crippen molar-refractivity contribution in [2.75, 3.05) is 18.4 Å². The summed E-state index contributed by atoms with van der Waals surface area (Å²) < 4.78 is 0. The zero-order chi connectivity index (χ0) is 26.7. The molecule has 0 heterocycles. The van der Waals surface area contributed by atoms with Gasteiger partial charge in [0.1, 0.15) is 0 Å². The standard InChI is InChI=1S/C29H37N5O2/c1-28(2,3)21-13-20(14-22(17-21)29(4,5)6)25(35)34-24-16-19-10-8-7-9-18(19)15-23(24)26(36)32-11-12-33-27(30)31/h7-10,13-17H,11-12H2,1-6H3,(H,32,36)(H,34,35)(H4,30,31,33). The van der Waals surface area contributed by atoms with Crippen molar-refractivity contribution in [1.29, 1.82) is 0 Å². The zero-order valence-electron chi connectivity index (χ0n) is 22.0. The molecule has 7 heteroatoms. The van der Waals surface area contributed by atoms with Crippen molar-refractivity contribution in [2.45, 2.75) is 52.4 Å². The Bertz CT molecular complexity index is 1280. The summed E-state index contributed by atoms with van der Waals surface area (Å²) in [5.41, 5.74) is 14.0. The Morgan fingerprint density at radius 1 is 0.806 bits per heavy atom. The minimum absolute atomic E-state index is 0.0324. The molecule has 0 aliphatic heterocycles. The molecule has 6 N–H and O–H groups in total. The van der Waals surface area contributed by atoms with Crippen LogP contribution in [0.1, 0.15) is 73.4 Å². The van der Waals surface area contributed by atoms with E-state index in [1.165, 1.54) is 0 Å². The molecule has 7 nitrogen and oxygen atoms in total. The van der Waals surface area contributed by atoms with Crippen LogP contribution in [-0.2, 0) is 10.8 Å². The van der Waals surface area contributed by atoms with Crippen molar-refractivity contribution in [3.05, 3.63) is 76.9 Å². The first-order chi connectivity index (χ1) is 16.8. The average Bonchev–Trinajstić information content (AvgIpc) is 2.79. The van der Waals surface area contributed by atoms with Crippen LogP contribution in [0, 0.1) is 0 Å². The number of carbonyl (C=O) groups excluding carboxylic acids is 2. The van der Waals surface area contributed by atoms with Crippen molar-refractivity contribution in [1.82, 2.24) is 5.32 Å². The predicted octanol–water partition coefficient (Wildman–Crippen LogP) is 4.69. The van der Waals surface area contributed by atoms with E-state index < -0.39 is 0 Å². The minimum atomic E-state index is -0.319. The Labute approximate surface area is 213 Å². The number of amides is 2. The second-order valence-corrected chi connectivity index (χ2v) is 11.1. The quantitative estimate of drug-likeness (QED) is 0.229. The largest absolute Gasteiger partial charge is 0.370 e. The van der Waals surface area contributed by atoms with Crippen LogP contribution < -0.4 is 22.1 Å². The molecule has 3 aromatic rings. The molecule has 2 amide bonds. The first-order valence-electron chi connectivity index (χ1n) is 12.1. The number of nitrogens with two attached hydrogens (primary N) is 2. The van der Waals surface area contributed by atoms with Crippen molar-refractivity contribution >= 4 is 34.2 Å². The van der Waals surface area contributed by atoms with Gasteiger partial charge in [-0.15, -0.1) is 0 Å². The lowest BCUT2D eigenvalue weighted by molar-refractivity contribution is 0.0956. The van der Waals surface area contributed by atoms with Gasteiger partial charge in [-0.25, -0.2) is 0 Å². The lowest BCUT2D eigenvalue weighted by Crippen LogP contribution is -2.29. The summed E-state index contributed by atoms with van der Waals surface area (Å²) in [6.45, 7) is 13.3. The molecule has 0 unspecified atom stereocenters. The third-order valence-electron chi connectivity index (χ3n) is 6.00. The van der Waals surface area contributed by atoms with E-state index in [4.69, 9.17) is 11.5 Å². The Morgan fingerprint density at radius 2 is 1.36 bits per heavy atom. The molecule has 0 aliphatic carbocycles. The smallest absolute Gasteiger partial charge is 0.255 e.